The van der Waals surface area contributed by atoms with E-state index in [0.717, 1.165) is 25.7 Å². The summed E-state index contributed by atoms with van der Waals surface area (Å²) in [6, 6.07) is 3.80. The van der Waals surface area contributed by atoms with Crippen molar-refractivity contribution in [2.45, 2.75) is 38.6 Å². The maximum Gasteiger partial charge on any atom is 0.237 e. The number of anilines is 1. The van der Waals surface area contributed by atoms with Gasteiger partial charge in [-0.3, -0.25) is 9.79 Å². The van der Waals surface area contributed by atoms with Gasteiger partial charge in [0.2, 0.25) is 11.8 Å². The number of carbonyl (C=O) groups is 1. The molecular weight excluding hydrogens is 342 g/mol. The first-order valence-corrected chi connectivity index (χ1v) is 9.33. The van der Waals surface area contributed by atoms with Gasteiger partial charge < -0.3 is 15.5 Å². The minimum Gasteiger partial charge on any atom is -0.480 e. The fraction of sp³-hybridized carbons (Fsp3) is 0.450. The highest BCUT2D eigenvalue weighted by Gasteiger charge is 2.43. The largest absolute Gasteiger partial charge is 0.480 e. The van der Waals surface area contributed by atoms with E-state index in [-0.39, 0.29) is 11.9 Å². The quantitative estimate of drug-likeness (QED) is 0.761. The first-order chi connectivity index (χ1) is 13.1. The number of ether oxygens (including phenoxy) is 1. The Balaban J connectivity index is 1.51. The van der Waals surface area contributed by atoms with E-state index in [1.807, 2.05) is 25.4 Å². The number of pyridine rings is 1. The summed E-state index contributed by atoms with van der Waals surface area (Å²) >= 11 is 0. The van der Waals surface area contributed by atoms with Gasteiger partial charge in [0.15, 0.2) is 0 Å². The molecule has 7 heteroatoms. The lowest BCUT2D eigenvalue weighted by atomic mass is 9.71. The number of hydrogen-bond donors (Lipinski definition) is 3. The summed E-state index contributed by atoms with van der Waals surface area (Å²) in [6.07, 6.45) is 10.9. The molecule has 0 saturated heterocycles. The molecule has 3 heterocycles. The zero-order valence-electron chi connectivity index (χ0n) is 15.7. The van der Waals surface area contributed by atoms with Gasteiger partial charge in [0.05, 0.1) is 18.6 Å². The Labute approximate surface area is 159 Å². The van der Waals surface area contributed by atoms with Crippen molar-refractivity contribution in [1.29, 1.82) is 0 Å². The molecule has 0 bridgehead atoms. The summed E-state index contributed by atoms with van der Waals surface area (Å²) in [5.41, 5.74) is 9.43. The zero-order chi connectivity index (χ0) is 18.9. The maximum absolute atomic E-state index is 13.1. The van der Waals surface area contributed by atoms with Crippen molar-refractivity contribution in [3.8, 4) is 5.88 Å². The molecule has 0 fully saturated rings. The van der Waals surface area contributed by atoms with Crippen LogP contribution in [-0.4, -0.2) is 30.3 Å². The minimum atomic E-state index is -0.474. The van der Waals surface area contributed by atoms with E-state index in [0.29, 0.717) is 17.5 Å². The van der Waals surface area contributed by atoms with E-state index in [9.17, 15) is 4.79 Å². The molecule has 1 aromatic rings. The lowest BCUT2D eigenvalue weighted by Gasteiger charge is -2.35. The minimum absolute atomic E-state index is 0.00625. The number of carbonyl (C=O) groups excluding carboxylic acids is 1. The second kappa shape index (κ2) is 7.15. The third-order valence-corrected chi connectivity index (χ3v) is 5.74. The predicted molar refractivity (Wildman–Crippen MR) is 104 cm³/mol. The zero-order valence-corrected chi connectivity index (χ0v) is 15.7. The number of hydrazine groups is 1. The highest BCUT2D eigenvalue weighted by atomic mass is 16.5. The summed E-state index contributed by atoms with van der Waals surface area (Å²) in [7, 11) is 1.55. The first kappa shape index (κ1) is 17.7. The van der Waals surface area contributed by atoms with Crippen LogP contribution in [0.25, 0.3) is 0 Å². The van der Waals surface area contributed by atoms with Crippen LogP contribution < -0.4 is 20.9 Å². The molecule has 0 aromatic carbocycles. The van der Waals surface area contributed by atoms with Crippen LogP contribution in [0.15, 0.2) is 46.9 Å². The normalized spacial score (nSPS) is 29.3. The SMILES string of the molecule is COc1ncccc1NC(=O)C1(C)CCC2=C(C1)C(C1C=CN=CC1)NN2. The van der Waals surface area contributed by atoms with Crippen molar-refractivity contribution in [2.24, 2.45) is 16.3 Å². The number of aromatic nitrogens is 1. The lowest BCUT2D eigenvalue weighted by molar-refractivity contribution is -0.125. The highest BCUT2D eigenvalue weighted by Crippen LogP contribution is 2.43. The van der Waals surface area contributed by atoms with Crippen molar-refractivity contribution in [2.75, 3.05) is 12.4 Å². The van der Waals surface area contributed by atoms with Gasteiger partial charge in [-0.05, 0) is 43.4 Å². The number of nitrogens with one attached hydrogen (secondary N) is 3. The highest BCUT2D eigenvalue weighted by molar-refractivity contribution is 5.96. The van der Waals surface area contributed by atoms with Gasteiger partial charge in [-0.2, -0.15) is 0 Å². The molecule has 1 aromatic heterocycles. The number of hydrogen-bond acceptors (Lipinski definition) is 6. The number of amides is 1. The van der Waals surface area contributed by atoms with Crippen molar-refractivity contribution in [3.05, 3.63) is 41.9 Å². The Bertz CT molecular complexity index is 831. The Morgan fingerprint density at radius 3 is 3.11 bits per heavy atom. The summed E-state index contributed by atoms with van der Waals surface area (Å²) < 4.78 is 5.26. The molecule has 27 heavy (non-hydrogen) atoms. The van der Waals surface area contributed by atoms with E-state index in [2.05, 4.69) is 32.2 Å². The summed E-state index contributed by atoms with van der Waals surface area (Å²) in [5, 5.41) is 3.02. The van der Waals surface area contributed by atoms with Gasteiger partial charge >= 0.3 is 0 Å². The molecule has 2 aliphatic heterocycles. The van der Waals surface area contributed by atoms with Crippen LogP contribution in [-0.2, 0) is 4.79 Å². The van der Waals surface area contributed by atoms with Crippen molar-refractivity contribution in [3.63, 3.8) is 0 Å². The van der Waals surface area contributed by atoms with Crippen LogP contribution in [0, 0.1) is 11.3 Å². The third kappa shape index (κ3) is 3.35. The molecule has 3 atom stereocenters. The average Bonchev–Trinajstić information content (AvgIpc) is 3.11. The number of methoxy groups -OCH3 is 1. The van der Waals surface area contributed by atoms with Crippen LogP contribution in [0.5, 0.6) is 5.88 Å². The molecule has 0 radical (unpaired) electrons. The summed E-state index contributed by atoms with van der Waals surface area (Å²) in [5.74, 6) is 0.789. The molecule has 0 saturated carbocycles. The van der Waals surface area contributed by atoms with Crippen molar-refractivity contribution >= 4 is 17.8 Å². The average molecular weight is 367 g/mol. The fourth-order valence-corrected chi connectivity index (χ4v) is 4.08. The first-order valence-electron chi connectivity index (χ1n) is 9.33. The Hall–Kier alpha value is -2.67. The Morgan fingerprint density at radius 1 is 1.44 bits per heavy atom. The third-order valence-electron chi connectivity index (χ3n) is 5.74. The molecule has 142 valence electrons. The van der Waals surface area contributed by atoms with E-state index in [1.165, 1.54) is 11.3 Å². The molecule has 7 nitrogen and oxygen atoms in total. The topological polar surface area (TPSA) is 87.6 Å². The maximum atomic E-state index is 13.1. The van der Waals surface area contributed by atoms with Crippen molar-refractivity contribution < 1.29 is 9.53 Å². The van der Waals surface area contributed by atoms with E-state index < -0.39 is 5.41 Å². The van der Waals surface area contributed by atoms with Gasteiger partial charge in [0, 0.05) is 30.2 Å². The second-order valence-electron chi connectivity index (χ2n) is 7.58. The van der Waals surface area contributed by atoms with Gasteiger partial charge in [0.25, 0.3) is 0 Å². The monoisotopic (exact) mass is 367 g/mol. The standard InChI is InChI=1S/C20H25N5O2/c1-20(19(26)23-16-4-3-9-22-18(16)27-2)8-5-15-14(12-20)17(25-24-15)13-6-10-21-11-7-13/h3-4,6,9-11,13,17,24-25H,5,7-8,12H2,1-2H3,(H,23,26). The van der Waals surface area contributed by atoms with Crippen molar-refractivity contribution in [1.82, 2.24) is 15.8 Å². The number of allylic oxidation sites excluding steroid dienone is 1. The van der Waals surface area contributed by atoms with Gasteiger partial charge in [-0.1, -0.05) is 13.0 Å². The van der Waals surface area contributed by atoms with Gasteiger partial charge in [-0.25, -0.2) is 10.4 Å². The predicted octanol–water partition coefficient (Wildman–Crippen LogP) is 2.55. The Morgan fingerprint density at radius 2 is 2.33 bits per heavy atom. The molecule has 4 rings (SSSR count). The van der Waals surface area contributed by atoms with E-state index in [1.54, 1.807) is 19.4 Å². The fourth-order valence-electron chi connectivity index (χ4n) is 4.08. The van der Waals surface area contributed by atoms with E-state index in [4.69, 9.17) is 4.74 Å². The number of aliphatic imine (C=N–C) groups is 1. The van der Waals surface area contributed by atoms with Crippen LogP contribution in [0.2, 0.25) is 0 Å². The van der Waals surface area contributed by atoms with Crippen LogP contribution in [0.1, 0.15) is 32.6 Å². The van der Waals surface area contributed by atoms with Crippen LogP contribution in [0.3, 0.4) is 0 Å². The number of rotatable bonds is 4. The van der Waals surface area contributed by atoms with Gasteiger partial charge in [-0.15, -0.1) is 0 Å². The molecule has 1 amide bonds. The molecular formula is C20H25N5O2. The van der Waals surface area contributed by atoms with Crippen LogP contribution in [0.4, 0.5) is 5.69 Å². The Kier molecular flexibility index (Phi) is 4.70. The number of nitrogens with zero attached hydrogens (tertiary/aromatic N) is 2. The van der Waals surface area contributed by atoms with E-state index >= 15 is 0 Å². The molecule has 3 N–H and O–H groups in total. The molecule has 3 unspecified atom stereocenters. The molecule has 3 aliphatic rings. The van der Waals surface area contributed by atoms with Gasteiger partial charge in [0.1, 0.15) is 5.69 Å². The second-order valence-corrected chi connectivity index (χ2v) is 7.58. The molecule has 0 spiro atoms. The summed E-state index contributed by atoms with van der Waals surface area (Å²) in [4.78, 5) is 21.5. The lowest BCUT2D eigenvalue weighted by Crippen LogP contribution is -2.40. The smallest absolute Gasteiger partial charge is 0.237 e. The molecule has 1 aliphatic carbocycles. The summed E-state index contributed by atoms with van der Waals surface area (Å²) in [6.45, 7) is 2.04. The van der Waals surface area contributed by atoms with Crippen LogP contribution >= 0.6 is 0 Å².